The van der Waals surface area contributed by atoms with E-state index in [1.807, 2.05) is 17.0 Å². The van der Waals surface area contributed by atoms with Crippen LogP contribution >= 0.6 is 11.6 Å². The number of benzene rings is 2. The number of nitrogens with zero attached hydrogens (tertiary/aromatic N) is 2. The van der Waals surface area contributed by atoms with Crippen LogP contribution in [0, 0.1) is 6.92 Å². The molecule has 0 bridgehead atoms. The SMILES string of the molecule is Cc1cccc(N2CCN(C(=O)CNC(=O)Cc3ccc(Cl)cc3)CC2)c1. The maximum Gasteiger partial charge on any atom is 0.242 e. The van der Waals surface area contributed by atoms with Gasteiger partial charge >= 0.3 is 0 Å². The Bertz CT molecular complexity index is 799. The van der Waals surface area contributed by atoms with Gasteiger partial charge in [-0.15, -0.1) is 0 Å². The van der Waals surface area contributed by atoms with Gasteiger partial charge in [0.2, 0.25) is 11.8 Å². The lowest BCUT2D eigenvalue weighted by molar-refractivity contribution is -0.133. The predicted molar refractivity (Wildman–Crippen MR) is 108 cm³/mol. The molecule has 27 heavy (non-hydrogen) atoms. The molecule has 2 amide bonds. The molecule has 0 atom stereocenters. The van der Waals surface area contributed by atoms with Gasteiger partial charge in [0.1, 0.15) is 0 Å². The quantitative estimate of drug-likeness (QED) is 0.860. The molecule has 1 N–H and O–H groups in total. The Morgan fingerprint density at radius 2 is 1.74 bits per heavy atom. The van der Waals surface area contributed by atoms with Crippen molar-refractivity contribution in [3.63, 3.8) is 0 Å². The van der Waals surface area contributed by atoms with Crippen LogP contribution in [0.1, 0.15) is 11.1 Å². The molecule has 0 aliphatic carbocycles. The summed E-state index contributed by atoms with van der Waals surface area (Å²) in [5.41, 5.74) is 3.30. The number of rotatable bonds is 5. The largest absolute Gasteiger partial charge is 0.368 e. The number of halogens is 1. The summed E-state index contributed by atoms with van der Waals surface area (Å²) in [5.74, 6) is -0.201. The molecule has 1 fully saturated rings. The van der Waals surface area contributed by atoms with Gasteiger partial charge in [0, 0.05) is 36.9 Å². The zero-order chi connectivity index (χ0) is 19.2. The van der Waals surface area contributed by atoms with Crippen LogP contribution < -0.4 is 10.2 Å². The van der Waals surface area contributed by atoms with Crippen molar-refractivity contribution in [3.8, 4) is 0 Å². The molecule has 1 saturated heterocycles. The van der Waals surface area contributed by atoms with Gasteiger partial charge in [-0.3, -0.25) is 9.59 Å². The molecule has 142 valence electrons. The minimum absolute atomic E-state index is 0.0386. The summed E-state index contributed by atoms with van der Waals surface area (Å²) in [6, 6.07) is 15.5. The van der Waals surface area contributed by atoms with Crippen molar-refractivity contribution in [1.29, 1.82) is 0 Å². The molecule has 5 nitrogen and oxygen atoms in total. The topological polar surface area (TPSA) is 52.6 Å². The smallest absolute Gasteiger partial charge is 0.242 e. The third kappa shape index (κ3) is 5.47. The molecule has 0 spiro atoms. The van der Waals surface area contributed by atoms with E-state index in [9.17, 15) is 9.59 Å². The fraction of sp³-hybridized carbons (Fsp3) is 0.333. The lowest BCUT2D eigenvalue weighted by Crippen LogP contribution is -2.51. The maximum atomic E-state index is 12.4. The minimum atomic E-state index is -0.163. The molecule has 0 radical (unpaired) electrons. The van der Waals surface area contributed by atoms with E-state index in [4.69, 9.17) is 11.6 Å². The zero-order valence-corrected chi connectivity index (χ0v) is 16.2. The van der Waals surface area contributed by atoms with Crippen molar-refractivity contribution < 1.29 is 9.59 Å². The van der Waals surface area contributed by atoms with Gasteiger partial charge in [0.05, 0.1) is 13.0 Å². The normalized spacial score (nSPS) is 14.1. The molecule has 2 aromatic carbocycles. The van der Waals surface area contributed by atoms with Gasteiger partial charge in [-0.25, -0.2) is 0 Å². The van der Waals surface area contributed by atoms with Crippen molar-refractivity contribution in [2.45, 2.75) is 13.3 Å². The highest BCUT2D eigenvalue weighted by Gasteiger charge is 2.21. The fourth-order valence-electron chi connectivity index (χ4n) is 3.17. The second-order valence-electron chi connectivity index (χ2n) is 6.79. The molecular weight excluding hydrogens is 362 g/mol. The Morgan fingerprint density at radius 1 is 1.04 bits per heavy atom. The number of nitrogens with one attached hydrogen (secondary N) is 1. The average molecular weight is 386 g/mol. The highest BCUT2D eigenvalue weighted by Crippen LogP contribution is 2.17. The Balaban J connectivity index is 1.42. The Labute approximate surface area is 164 Å². The van der Waals surface area contributed by atoms with Crippen LogP contribution in [0.15, 0.2) is 48.5 Å². The van der Waals surface area contributed by atoms with Gasteiger partial charge in [-0.2, -0.15) is 0 Å². The van der Waals surface area contributed by atoms with Crippen molar-refractivity contribution >= 4 is 29.1 Å². The fourth-order valence-corrected chi connectivity index (χ4v) is 3.30. The number of aryl methyl sites for hydroxylation is 1. The Hall–Kier alpha value is -2.53. The summed E-state index contributed by atoms with van der Waals surface area (Å²) in [7, 11) is 0. The Morgan fingerprint density at radius 3 is 2.41 bits per heavy atom. The molecular formula is C21H24ClN3O2. The number of carbonyl (C=O) groups is 2. The lowest BCUT2D eigenvalue weighted by atomic mass is 10.1. The van der Waals surface area contributed by atoms with Crippen molar-refractivity contribution in [3.05, 3.63) is 64.7 Å². The molecule has 1 heterocycles. The molecule has 3 rings (SSSR count). The molecule has 6 heteroatoms. The summed E-state index contributed by atoms with van der Waals surface area (Å²) in [6.07, 6.45) is 0.242. The molecule has 0 aromatic heterocycles. The average Bonchev–Trinajstić information content (AvgIpc) is 2.68. The van der Waals surface area contributed by atoms with Crippen LogP contribution in [-0.4, -0.2) is 49.4 Å². The van der Waals surface area contributed by atoms with Crippen LogP contribution in [0.2, 0.25) is 5.02 Å². The minimum Gasteiger partial charge on any atom is -0.368 e. The number of carbonyl (C=O) groups excluding carboxylic acids is 2. The summed E-state index contributed by atoms with van der Waals surface area (Å²) in [5, 5.41) is 3.35. The monoisotopic (exact) mass is 385 g/mol. The first-order chi connectivity index (χ1) is 13.0. The molecule has 0 saturated carbocycles. The van der Waals surface area contributed by atoms with E-state index < -0.39 is 0 Å². The number of anilines is 1. The number of amides is 2. The van der Waals surface area contributed by atoms with Gasteiger partial charge < -0.3 is 15.1 Å². The van der Waals surface area contributed by atoms with Gasteiger partial charge in [-0.1, -0.05) is 35.9 Å². The molecule has 2 aromatic rings. The van der Waals surface area contributed by atoms with Crippen LogP contribution in [0.5, 0.6) is 0 Å². The first-order valence-corrected chi connectivity index (χ1v) is 9.49. The van der Waals surface area contributed by atoms with E-state index in [2.05, 4.69) is 41.4 Å². The predicted octanol–water partition coefficient (Wildman–Crippen LogP) is 2.66. The summed E-state index contributed by atoms with van der Waals surface area (Å²) >= 11 is 5.84. The first-order valence-electron chi connectivity index (χ1n) is 9.12. The van der Waals surface area contributed by atoms with E-state index in [0.717, 1.165) is 18.7 Å². The zero-order valence-electron chi connectivity index (χ0n) is 15.5. The van der Waals surface area contributed by atoms with Crippen LogP contribution in [0.3, 0.4) is 0 Å². The highest BCUT2D eigenvalue weighted by molar-refractivity contribution is 6.30. The molecule has 1 aliphatic heterocycles. The van der Waals surface area contributed by atoms with Gasteiger partial charge in [0.25, 0.3) is 0 Å². The maximum absolute atomic E-state index is 12.4. The van der Waals surface area contributed by atoms with E-state index in [1.54, 1.807) is 12.1 Å². The summed E-state index contributed by atoms with van der Waals surface area (Å²) in [6.45, 7) is 5.05. The van der Waals surface area contributed by atoms with Crippen molar-refractivity contribution in [2.24, 2.45) is 0 Å². The second-order valence-corrected chi connectivity index (χ2v) is 7.22. The van der Waals surface area contributed by atoms with E-state index in [-0.39, 0.29) is 24.8 Å². The van der Waals surface area contributed by atoms with Crippen molar-refractivity contribution in [2.75, 3.05) is 37.6 Å². The summed E-state index contributed by atoms with van der Waals surface area (Å²) < 4.78 is 0. The second kappa shape index (κ2) is 8.91. The van der Waals surface area contributed by atoms with E-state index in [1.165, 1.54) is 11.3 Å². The first kappa shape index (κ1) is 19.2. The van der Waals surface area contributed by atoms with Crippen LogP contribution in [0.25, 0.3) is 0 Å². The van der Waals surface area contributed by atoms with Gasteiger partial charge in [0.15, 0.2) is 0 Å². The number of hydrogen-bond donors (Lipinski definition) is 1. The molecule has 1 aliphatic rings. The highest BCUT2D eigenvalue weighted by atomic mass is 35.5. The van der Waals surface area contributed by atoms with Gasteiger partial charge in [-0.05, 0) is 42.3 Å². The third-order valence-electron chi connectivity index (χ3n) is 4.71. The van der Waals surface area contributed by atoms with E-state index in [0.29, 0.717) is 18.1 Å². The van der Waals surface area contributed by atoms with Crippen LogP contribution in [-0.2, 0) is 16.0 Å². The van der Waals surface area contributed by atoms with Crippen LogP contribution in [0.4, 0.5) is 5.69 Å². The molecule has 0 unspecified atom stereocenters. The van der Waals surface area contributed by atoms with Crippen molar-refractivity contribution in [1.82, 2.24) is 10.2 Å². The summed E-state index contributed by atoms with van der Waals surface area (Å²) in [4.78, 5) is 28.5. The van der Waals surface area contributed by atoms with E-state index >= 15 is 0 Å². The Kier molecular flexibility index (Phi) is 6.35. The number of hydrogen-bond acceptors (Lipinski definition) is 3. The number of piperazine rings is 1. The lowest BCUT2D eigenvalue weighted by Gasteiger charge is -2.36. The standard InChI is InChI=1S/C21H24ClN3O2/c1-16-3-2-4-19(13-16)24-9-11-25(12-10-24)21(27)15-23-20(26)14-17-5-7-18(22)8-6-17/h2-8,13H,9-12,14-15H2,1H3,(H,23,26). The third-order valence-corrected chi connectivity index (χ3v) is 4.97.